The number of halogens is 3. The molecule has 0 saturated heterocycles. The quantitative estimate of drug-likeness (QED) is 0.593. The first kappa shape index (κ1) is 17.9. The second-order valence-corrected chi connectivity index (χ2v) is 4.95. The Hall–Kier alpha value is -2.12. The summed E-state index contributed by atoms with van der Waals surface area (Å²) < 4.78 is 37.8. The van der Waals surface area contributed by atoms with Gasteiger partial charge >= 0.3 is 6.18 Å². The van der Waals surface area contributed by atoms with E-state index in [4.69, 9.17) is 0 Å². The van der Waals surface area contributed by atoms with E-state index in [0.717, 1.165) is 11.0 Å². The summed E-state index contributed by atoms with van der Waals surface area (Å²) in [6, 6.07) is 3.50. The fraction of sp³-hybridized carbons (Fsp3) is 0.500. The monoisotopic (exact) mass is 318 g/mol. The molecule has 0 unspecified atom stereocenters. The van der Waals surface area contributed by atoms with E-state index in [-0.39, 0.29) is 23.4 Å². The van der Waals surface area contributed by atoms with Gasteiger partial charge in [0, 0.05) is 24.2 Å². The molecule has 0 aliphatic carbocycles. The van der Waals surface area contributed by atoms with Gasteiger partial charge in [0.2, 0.25) is 0 Å². The molecule has 1 aromatic rings. The minimum Gasteiger partial charge on any atom is -0.330 e. The third kappa shape index (κ3) is 5.01. The van der Waals surface area contributed by atoms with Crippen LogP contribution in [0.3, 0.4) is 0 Å². The number of hydrogen-bond donors (Lipinski definition) is 0. The lowest BCUT2D eigenvalue weighted by molar-refractivity contribution is -0.384. The Morgan fingerprint density at radius 3 is 2.45 bits per heavy atom. The predicted molar refractivity (Wildman–Crippen MR) is 74.7 cm³/mol. The Kier molecular flexibility index (Phi) is 5.90. The van der Waals surface area contributed by atoms with Crippen molar-refractivity contribution in [3.8, 4) is 0 Å². The van der Waals surface area contributed by atoms with Crippen LogP contribution in [0, 0.1) is 17.0 Å². The highest BCUT2D eigenvalue weighted by molar-refractivity contribution is 5.96. The third-order valence-electron chi connectivity index (χ3n) is 3.09. The van der Waals surface area contributed by atoms with E-state index >= 15 is 0 Å². The van der Waals surface area contributed by atoms with E-state index in [1.165, 1.54) is 19.1 Å². The second-order valence-electron chi connectivity index (χ2n) is 4.95. The van der Waals surface area contributed by atoms with Crippen molar-refractivity contribution in [3.05, 3.63) is 39.4 Å². The highest BCUT2D eigenvalue weighted by atomic mass is 19.4. The summed E-state index contributed by atoms with van der Waals surface area (Å²) in [5, 5.41) is 10.7. The Bertz CT molecular complexity index is 559. The molecule has 0 heterocycles. The van der Waals surface area contributed by atoms with E-state index in [2.05, 4.69) is 0 Å². The van der Waals surface area contributed by atoms with Gasteiger partial charge < -0.3 is 4.90 Å². The molecule has 1 amide bonds. The van der Waals surface area contributed by atoms with Gasteiger partial charge in [-0.25, -0.2) is 0 Å². The zero-order valence-corrected chi connectivity index (χ0v) is 12.3. The van der Waals surface area contributed by atoms with Crippen LogP contribution in [-0.4, -0.2) is 35.0 Å². The van der Waals surface area contributed by atoms with Gasteiger partial charge in [-0.05, 0) is 25.0 Å². The van der Waals surface area contributed by atoms with Gasteiger partial charge in [0.05, 0.1) is 4.92 Å². The van der Waals surface area contributed by atoms with Crippen molar-refractivity contribution < 1.29 is 22.9 Å². The summed E-state index contributed by atoms with van der Waals surface area (Å²) in [6.07, 6.45) is -3.38. The zero-order chi connectivity index (χ0) is 16.9. The fourth-order valence-electron chi connectivity index (χ4n) is 1.99. The summed E-state index contributed by atoms with van der Waals surface area (Å²) in [7, 11) is 0. The van der Waals surface area contributed by atoms with Gasteiger partial charge in [0.25, 0.3) is 11.6 Å². The van der Waals surface area contributed by atoms with E-state index in [1.807, 2.05) is 6.92 Å². The van der Waals surface area contributed by atoms with Gasteiger partial charge in [-0.3, -0.25) is 14.9 Å². The minimum absolute atomic E-state index is 0.00866. The van der Waals surface area contributed by atoms with Crippen LogP contribution < -0.4 is 0 Å². The molecule has 0 aromatic heterocycles. The van der Waals surface area contributed by atoms with Crippen LogP contribution in [0.25, 0.3) is 0 Å². The molecule has 0 aliphatic heterocycles. The van der Waals surface area contributed by atoms with Crippen LogP contribution in [0.5, 0.6) is 0 Å². The lowest BCUT2D eigenvalue weighted by atomic mass is 10.1. The van der Waals surface area contributed by atoms with Crippen molar-refractivity contribution in [1.29, 1.82) is 0 Å². The smallest absolute Gasteiger partial charge is 0.330 e. The number of nitro benzene ring substituents is 1. The fourth-order valence-corrected chi connectivity index (χ4v) is 1.99. The summed E-state index contributed by atoms with van der Waals surface area (Å²) in [4.78, 5) is 23.1. The zero-order valence-electron chi connectivity index (χ0n) is 12.3. The van der Waals surface area contributed by atoms with Crippen LogP contribution in [0.1, 0.15) is 35.7 Å². The van der Waals surface area contributed by atoms with Crippen molar-refractivity contribution in [1.82, 2.24) is 4.90 Å². The highest BCUT2D eigenvalue weighted by Gasteiger charge is 2.33. The number of carbonyl (C=O) groups excluding carboxylic acids is 1. The van der Waals surface area contributed by atoms with E-state index in [1.54, 1.807) is 0 Å². The number of aryl methyl sites for hydroxylation is 1. The largest absolute Gasteiger partial charge is 0.406 e. The lowest BCUT2D eigenvalue weighted by Crippen LogP contribution is -2.39. The maximum atomic E-state index is 12.6. The number of rotatable bonds is 6. The minimum atomic E-state index is -4.49. The van der Waals surface area contributed by atoms with Crippen molar-refractivity contribution in [2.24, 2.45) is 0 Å². The molecule has 0 N–H and O–H groups in total. The molecule has 0 atom stereocenters. The Labute approximate surface area is 125 Å². The maximum absolute atomic E-state index is 12.6. The number of nitro groups is 1. The Morgan fingerprint density at radius 2 is 2.00 bits per heavy atom. The number of alkyl halides is 3. The van der Waals surface area contributed by atoms with E-state index in [9.17, 15) is 28.1 Å². The average molecular weight is 318 g/mol. The number of amides is 1. The molecule has 0 bridgehead atoms. The Morgan fingerprint density at radius 1 is 1.36 bits per heavy atom. The number of non-ortho nitro benzene ring substituents is 1. The molecule has 0 saturated carbocycles. The topological polar surface area (TPSA) is 63.5 Å². The molecular weight excluding hydrogens is 301 g/mol. The molecule has 1 aromatic carbocycles. The normalized spacial score (nSPS) is 11.3. The third-order valence-corrected chi connectivity index (χ3v) is 3.09. The van der Waals surface area contributed by atoms with Crippen LogP contribution in [0.15, 0.2) is 18.2 Å². The van der Waals surface area contributed by atoms with Crippen LogP contribution >= 0.6 is 0 Å². The number of carbonyl (C=O) groups is 1. The van der Waals surface area contributed by atoms with E-state index in [0.29, 0.717) is 12.8 Å². The van der Waals surface area contributed by atoms with Gasteiger partial charge in [-0.2, -0.15) is 13.2 Å². The molecule has 1 rings (SSSR count). The van der Waals surface area contributed by atoms with Gasteiger partial charge in [-0.1, -0.05) is 13.3 Å². The summed E-state index contributed by atoms with van der Waals surface area (Å²) >= 11 is 0. The predicted octanol–water partition coefficient (Wildman–Crippen LogP) is 3.71. The number of nitrogens with zero attached hydrogens (tertiary/aromatic N) is 2. The molecule has 5 nitrogen and oxygen atoms in total. The molecule has 22 heavy (non-hydrogen) atoms. The summed E-state index contributed by atoms with van der Waals surface area (Å²) in [5.74, 6) is -0.766. The first-order valence-corrected chi connectivity index (χ1v) is 6.76. The van der Waals surface area contributed by atoms with Crippen LogP contribution in [0.4, 0.5) is 18.9 Å². The Balaban J connectivity index is 3.05. The van der Waals surface area contributed by atoms with Crippen LogP contribution in [-0.2, 0) is 0 Å². The molecule has 122 valence electrons. The standard InChI is InChI=1S/C14H17F3N2O3/c1-3-4-7-18(9-14(15,16)17)13(20)12-6-5-11(19(21)22)8-10(12)2/h5-6,8H,3-4,7,9H2,1-2H3. The molecule has 0 fully saturated rings. The molecule has 0 aliphatic rings. The van der Waals surface area contributed by atoms with Crippen LogP contribution in [0.2, 0.25) is 0 Å². The molecular formula is C14H17F3N2O3. The lowest BCUT2D eigenvalue weighted by Gasteiger charge is -2.24. The highest BCUT2D eigenvalue weighted by Crippen LogP contribution is 2.22. The first-order valence-electron chi connectivity index (χ1n) is 6.76. The van der Waals surface area contributed by atoms with Gasteiger partial charge in [0.1, 0.15) is 6.54 Å². The molecule has 0 spiro atoms. The first-order chi connectivity index (χ1) is 10.2. The number of hydrogen-bond acceptors (Lipinski definition) is 3. The molecule has 8 heteroatoms. The summed E-state index contributed by atoms with van der Waals surface area (Å²) in [5.41, 5.74) is 0.124. The van der Waals surface area contributed by atoms with Gasteiger partial charge in [-0.15, -0.1) is 0 Å². The summed E-state index contributed by atoms with van der Waals surface area (Å²) in [6.45, 7) is 1.94. The van der Waals surface area contributed by atoms with E-state index < -0.39 is 23.6 Å². The van der Waals surface area contributed by atoms with Crippen molar-refractivity contribution >= 4 is 11.6 Å². The van der Waals surface area contributed by atoms with Gasteiger partial charge in [0.15, 0.2) is 0 Å². The molecule has 0 radical (unpaired) electrons. The number of unbranched alkanes of at least 4 members (excludes halogenated alkanes) is 1. The maximum Gasteiger partial charge on any atom is 0.406 e. The SMILES string of the molecule is CCCCN(CC(F)(F)F)C(=O)c1ccc([N+](=O)[O-])cc1C. The average Bonchev–Trinajstić information content (AvgIpc) is 2.41. The second kappa shape index (κ2) is 7.24. The van der Waals surface area contributed by atoms with Crippen molar-refractivity contribution in [3.63, 3.8) is 0 Å². The number of benzene rings is 1. The van der Waals surface area contributed by atoms with Crippen molar-refractivity contribution in [2.75, 3.05) is 13.1 Å². The van der Waals surface area contributed by atoms with Crippen molar-refractivity contribution in [2.45, 2.75) is 32.9 Å².